The van der Waals surface area contributed by atoms with E-state index < -0.39 is 52.9 Å². The highest BCUT2D eigenvalue weighted by Gasteiger charge is 2.51. The number of benzene rings is 3. The Balaban J connectivity index is 0.912. The van der Waals surface area contributed by atoms with E-state index in [0.717, 1.165) is 23.5 Å². The van der Waals surface area contributed by atoms with E-state index in [0.29, 0.717) is 84.1 Å². The molecule has 2 fully saturated rings. The zero-order chi connectivity index (χ0) is 42.9. The highest BCUT2D eigenvalue weighted by Crippen LogP contribution is 2.47. The molecule has 0 spiro atoms. The van der Waals surface area contributed by atoms with Crippen molar-refractivity contribution in [3.63, 3.8) is 0 Å². The summed E-state index contributed by atoms with van der Waals surface area (Å²) in [6.45, 7) is 4.43. The van der Waals surface area contributed by atoms with Gasteiger partial charge in [-0.2, -0.15) is 13.2 Å². The van der Waals surface area contributed by atoms with E-state index in [1.165, 1.54) is 13.2 Å². The maximum absolute atomic E-state index is 13.5. The molecule has 2 atom stereocenters. The maximum Gasteiger partial charge on any atom is 0.416 e. The lowest BCUT2D eigenvalue weighted by Gasteiger charge is -2.27. The molecule has 1 unspecified atom stereocenters. The Morgan fingerprint density at radius 2 is 1.78 bits per heavy atom. The van der Waals surface area contributed by atoms with Crippen molar-refractivity contribution in [2.45, 2.75) is 77.1 Å². The summed E-state index contributed by atoms with van der Waals surface area (Å²) in [5.41, 5.74) is 5.96. The first-order valence-electron chi connectivity index (χ1n) is 19.7. The summed E-state index contributed by atoms with van der Waals surface area (Å²) < 4.78 is 52.4. The maximum atomic E-state index is 13.5. The summed E-state index contributed by atoms with van der Waals surface area (Å²) in [4.78, 5) is 73.8. The van der Waals surface area contributed by atoms with Gasteiger partial charge in [-0.25, -0.2) is 9.97 Å². The molecule has 15 nitrogen and oxygen atoms in total. The average Bonchev–Trinajstić information content (AvgIpc) is 3.95. The van der Waals surface area contributed by atoms with E-state index in [-0.39, 0.29) is 42.2 Å². The molecule has 0 bridgehead atoms. The van der Waals surface area contributed by atoms with Gasteiger partial charge in [-0.15, -0.1) is 0 Å². The molecule has 0 radical (unpaired) electrons. The van der Waals surface area contributed by atoms with Crippen LogP contribution in [0.5, 0.6) is 11.5 Å². The molecule has 3 heterocycles. The van der Waals surface area contributed by atoms with Crippen LogP contribution in [0.25, 0.3) is 10.9 Å². The molecular formula is C42H45F3N8O7. The van der Waals surface area contributed by atoms with Crippen LogP contribution >= 0.6 is 0 Å². The molecule has 4 aromatic rings. The van der Waals surface area contributed by atoms with Crippen molar-refractivity contribution in [2.75, 3.05) is 43.2 Å². The number of nitrogens with zero attached hydrogens (tertiary/aromatic N) is 3. The smallest absolute Gasteiger partial charge is 0.416 e. The zero-order valence-corrected chi connectivity index (χ0v) is 33.3. The third kappa shape index (κ3) is 8.63. The summed E-state index contributed by atoms with van der Waals surface area (Å²) in [6, 6.07) is 10.0. The minimum Gasteiger partial charge on any atom is -0.493 e. The van der Waals surface area contributed by atoms with Gasteiger partial charge >= 0.3 is 6.18 Å². The summed E-state index contributed by atoms with van der Waals surface area (Å²) in [5, 5.41) is 12.2. The number of hydrogen-bond donors (Lipinski definition) is 5. The molecule has 7 rings (SSSR count). The summed E-state index contributed by atoms with van der Waals surface area (Å²) in [5.74, 6) is -0.840. The van der Waals surface area contributed by atoms with Gasteiger partial charge < -0.3 is 31.2 Å². The second kappa shape index (κ2) is 16.7. The van der Waals surface area contributed by atoms with Gasteiger partial charge in [-0.05, 0) is 94.3 Å². The fourth-order valence-electron chi connectivity index (χ4n) is 7.52. The predicted molar refractivity (Wildman–Crippen MR) is 214 cm³/mol. The molecular weight excluding hydrogens is 786 g/mol. The number of fused-ring (bicyclic) bond motifs is 2. The van der Waals surface area contributed by atoms with Crippen molar-refractivity contribution in [1.29, 1.82) is 0 Å². The number of nitrogen functional groups attached to an aromatic ring is 1. The number of nitrogens with two attached hydrogens (primary N) is 1. The van der Waals surface area contributed by atoms with Crippen LogP contribution in [0.3, 0.4) is 0 Å². The number of alkyl halides is 3. The van der Waals surface area contributed by atoms with Crippen molar-refractivity contribution in [3.8, 4) is 11.5 Å². The normalized spacial score (nSPS) is 17.6. The first-order chi connectivity index (χ1) is 28.6. The molecule has 5 amide bonds. The van der Waals surface area contributed by atoms with Crippen LogP contribution in [0.2, 0.25) is 0 Å². The molecule has 1 aliphatic carbocycles. The quantitative estimate of drug-likeness (QED) is 0.0526. The Morgan fingerprint density at radius 3 is 2.50 bits per heavy atom. The Labute approximate surface area is 343 Å². The number of carbonyl (C=O) groups is 5. The molecule has 1 saturated heterocycles. The molecule has 316 valence electrons. The standard InChI is InChI=1S/C42H45F3N8O7/c1-22(24-16-25(42(43,44)45)18-26(46)17-24)49-36-28-19-33(32(59-3)20-30(28)50-23(2)51-36)60-21-41(12-13-41)40(58)48-15-6-4-5-14-47-29-9-7-8-27-35(29)39(57)53(38(27)56)31-10-11-34(54)52-37(31)55/h7-9,16-20,22,31,47H,4-6,10-15,21,46H2,1-3H3,(H,48,58)(H,49,50,51)(H,52,54,55)/t22-,31?/m1/s1. The summed E-state index contributed by atoms with van der Waals surface area (Å²) in [7, 11) is 1.49. The van der Waals surface area contributed by atoms with Crippen LogP contribution in [0.15, 0.2) is 48.5 Å². The van der Waals surface area contributed by atoms with Crippen molar-refractivity contribution in [2.24, 2.45) is 5.41 Å². The number of rotatable bonds is 16. The lowest BCUT2D eigenvalue weighted by molar-refractivity contribution is -0.138. The number of ether oxygens (including phenoxy) is 2. The van der Waals surface area contributed by atoms with Crippen LogP contribution in [0.1, 0.15) is 95.6 Å². The average molecular weight is 831 g/mol. The van der Waals surface area contributed by atoms with Crippen LogP contribution in [-0.2, 0) is 20.6 Å². The van der Waals surface area contributed by atoms with Crippen molar-refractivity contribution in [3.05, 3.63) is 76.6 Å². The van der Waals surface area contributed by atoms with E-state index in [2.05, 4.69) is 31.2 Å². The number of amides is 5. The number of aromatic nitrogens is 2. The number of imide groups is 2. The fourth-order valence-corrected chi connectivity index (χ4v) is 7.52. The van der Waals surface area contributed by atoms with Gasteiger partial charge in [0.15, 0.2) is 11.5 Å². The molecule has 18 heteroatoms. The number of carbonyl (C=O) groups excluding carboxylic acids is 5. The number of unbranched alkanes of at least 4 members (excludes halogenated alkanes) is 2. The second-order valence-electron chi connectivity index (χ2n) is 15.4. The van der Waals surface area contributed by atoms with Crippen molar-refractivity contribution < 1.29 is 46.6 Å². The van der Waals surface area contributed by atoms with Gasteiger partial charge in [0.25, 0.3) is 11.8 Å². The SMILES string of the molecule is COc1cc2nc(C)nc(N[C@H](C)c3cc(N)cc(C(F)(F)F)c3)c2cc1OCC1(C(=O)NCCCCCNc2cccc3c2C(=O)N(C2CCC(=O)NC2=O)C3=O)CC1. The highest BCUT2D eigenvalue weighted by molar-refractivity contribution is 6.25. The second-order valence-corrected chi connectivity index (χ2v) is 15.4. The first kappa shape index (κ1) is 41.7. The van der Waals surface area contributed by atoms with E-state index in [1.807, 2.05) is 0 Å². The van der Waals surface area contributed by atoms with Gasteiger partial charge in [0.2, 0.25) is 17.7 Å². The number of methoxy groups -OCH3 is 1. The number of nitrogens with one attached hydrogen (secondary N) is 4. The Kier molecular flexibility index (Phi) is 11.6. The monoisotopic (exact) mass is 830 g/mol. The first-order valence-corrected chi connectivity index (χ1v) is 19.7. The largest absolute Gasteiger partial charge is 0.493 e. The number of anilines is 3. The minimum absolute atomic E-state index is 0.0153. The van der Waals surface area contributed by atoms with Crippen molar-refractivity contribution >= 4 is 57.6 Å². The lowest BCUT2D eigenvalue weighted by Crippen LogP contribution is -2.54. The van der Waals surface area contributed by atoms with E-state index >= 15 is 0 Å². The minimum atomic E-state index is -4.56. The number of aryl methyl sites for hydroxylation is 1. The van der Waals surface area contributed by atoms with Gasteiger partial charge in [0.05, 0.1) is 40.8 Å². The third-order valence-electron chi connectivity index (χ3n) is 11.0. The Hall–Kier alpha value is -6.46. The van der Waals surface area contributed by atoms with Crippen LogP contribution in [0.4, 0.5) is 30.4 Å². The summed E-state index contributed by atoms with van der Waals surface area (Å²) in [6.07, 6.45) is -1.02. The predicted octanol–water partition coefficient (Wildman–Crippen LogP) is 5.68. The van der Waals surface area contributed by atoms with E-state index in [9.17, 15) is 37.1 Å². The van der Waals surface area contributed by atoms with Gasteiger partial charge in [0.1, 0.15) is 24.3 Å². The molecule has 60 heavy (non-hydrogen) atoms. The molecule has 1 aromatic heterocycles. The molecule has 6 N–H and O–H groups in total. The van der Waals surface area contributed by atoms with Gasteiger partial charge in [-0.1, -0.05) is 6.07 Å². The molecule has 2 aliphatic heterocycles. The lowest BCUT2D eigenvalue weighted by atomic mass is 10.0. The number of piperidine rings is 1. The number of hydrogen-bond acceptors (Lipinski definition) is 12. The van der Waals surface area contributed by atoms with Crippen LogP contribution in [-0.4, -0.2) is 77.3 Å². The van der Waals surface area contributed by atoms with Crippen LogP contribution < -0.4 is 36.5 Å². The zero-order valence-electron chi connectivity index (χ0n) is 33.3. The van der Waals surface area contributed by atoms with E-state index in [1.54, 1.807) is 44.2 Å². The molecule has 3 aliphatic rings. The number of halogens is 3. The molecule has 1 saturated carbocycles. The topological polar surface area (TPSA) is 207 Å². The van der Waals surface area contributed by atoms with E-state index in [4.69, 9.17) is 15.2 Å². The van der Waals surface area contributed by atoms with Gasteiger partial charge in [0, 0.05) is 42.3 Å². The fraction of sp³-hybridized carbons (Fsp3) is 0.405. The van der Waals surface area contributed by atoms with Crippen molar-refractivity contribution in [1.82, 2.24) is 25.5 Å². The Morgan fingerprint density at radius 1 is 1.02 bits per heavy atom. The third-order valence-corrected chi connectivity index (χ3v) is 11.0. The Bertz CT molecular complexity index is 2390. The summed E-state index contributed by atoms with van der Waals surface area (Å²) >= 11 is 0. The van der Waals surface area contributed by atoms with Crippen LogP contribution in [0, 0.1) is 12.3 Å². The highest BCUT2D eigenvalue weighted by atomic mass is 19.4. The molecule has 3 aromatic carbocycles. The van der Waals surface area contributed by atoms with Gasteiger partial charge in [-0.3, -0.25) is 34.2 Å².